The summed E-state index contributed by atoms with van der Waals surface area (Å²) in [7, 11) is -1.56. The smallest absolute Gasteiger partial charge is 0.137 e. The lowest BCUT2D eigenvalue weighted by Crippen LogP contribution is -2.37. The number of aryl methyl sites for hydroxylation is 4. The van der Waals surface area contributed by atoms with Crippen molar-refractivity contribution in [1.82, 2.24) is 14.5 Å². The second-order valence-electron chi connectivity index (χ2n) is 18.5. The van der Waals surface area contributed by atoms with Gasteiger partial charge < -0.3 is 4.90 Å². The molecule has 0 aliphatic carbocycles. The quantitative estimate of drug-likeness (QED) is 0.128. The predicted molar refractivity (Wildman–Crippen MR) is 283 cm³/mol. The highest BCUT2D eigenvalue weighted by Gasteiger charge is 2.28. The van der Waals surface area contributed by atoms with Gasteiger partial charge in [-0.25, -0.2) is 4.98 Å². The Kier molecular flexibility index (Phi) is 11.2. The van der Waals surface area contributed by atoms with E-state index in [4.69, 9.17) is 9.97 Å². The van der Waals surface area contributed by atoms with Crippen LogP contribution in [0.4, 0.5) is 17.1 Å². The number of fused-ring (bicyclic) bond motifs is 1. The average molecular weight is 871 g/mol. The first kappa shape index (κ1) is 42.4. The molecule has 0 atom stereocenters. The summed E-state index contributed by atoms with van der Waals surface area (Å²) in [5.74, 6) is 0.868. The molecule has 0 amide bonds. The van der Waals surface area contributed by atoms with Crippen LogP contribution < -0.4 is 10.1 Å². The molecular formula is C61H54N4Si. The largest absolute Gasteiger partial charge is 0.310 e. The Morgan fingerprint density at radius 3 is 1.71 bits per heavy atom. The van der Waals surface area contributed by atoms with Crippen molar-refractivity contribution in [1.29, 1.82) is 0 Å². The summed E-state index contributed by atoms with van der Waals surface area (Å²) in [6, 6.07) is 68.2. The Labute approximate surface area is 390 Å². The van der Waals surface area contributed by atoms with Crippen LogP contribution >= 0.6 is 0 Å². The first-order valence-corrected chi connectivity index (χ1v) is 26.4. The number of aromatic nitrogens is 3. The van der Waals surface area contributed by atoms with Gasteiger partial charge in [-0.15, -0.1) is 0 Å². The lowest BCUT2D eigenvalue weighted by Gasteiger charge is -2.29. The number of anilines is 3. The third-order valence-electron chi connectivity index (χ3n) is 13.0. The van der Waals surface area contributed by atoms with Gasteiger partial charge in [-0.2, -0.15) is 0 Å². The number of hydrogen-bond acceptors (Lipinski definition) is 3. The van der Waals surface area contributed by atoms with E-state index in [9.17, 15) is 0 Å². The molecule has 0 saturated carbocycles. The first-order chi connectivity index (χ1) is 32.0. The second kappa shape index (κ2) is 17.4. The van der Waals surface area contributed by atoms with Gasteiger partial charge in [0, 0.05) is 51.4 Å². The minimum absolute atomic E-state index is 0.868. The molecule has 10 rings (SSSR count). The van der Waals surface area contributed by atoms with Gasteiger partial charge in [0.1, 0.15) is 5.82 Å². The summed E-state index contributed by atoms with van der Waals surface area (Å²) in [6.07, 6.45) is 4.00. The van der Waals surface area contributed by atoms with E-state index < -0.39 is 8.07 Å². The lowest BCUT2D eigenvalue weighted by atomic mass is 9.89. The Hall–Kier alpha value is -7.60. The van der Waals surface area contributed by atoms with Crippen LogP contribution in [0.15, 0.2) is 200 Å². The molecule has 0 spiro atoms. The van der Waals surface area contributed by atoms with Crippen LogP contribution in [0.2, 0.25) is 19.6 Å². The summed E-state index contributed by atoms with van der Waals surface area (Å²) >= 11 is 0. The zero-order valence-corrected chi connectivity index (χ0v) is 39.8. The van der Waals surface area contributed by atoms with Crippen LogP contribution in [0.5, 0.6) is 0 Å². The third kappa shape index (κ3) is 7.86. The highest BCUT2D eigenvalue weighted by Crippen LogP contribution is 2.49. The Morgan fingerprint density at radius 2 is 1.08 bits per heavy atom. The van der Waals surface area contributed by atoms with Crippen molar-refractivity contribution < 1.29 is 0 Å². The zero-order chi connectivity index (χ0) is 45.5. The monoisotopic (exact) mass is 870 g/mol. The SMILES string of the molecule is Cc1cccc(C)c1-c1c(-c2c(C)cccc2C)n(-c2ccccn2)c2cc(N(c3cc(-c4ccccc4)cc(-c4ccc([Si](C)(C)C)cn4)c3)c3ccccc3-c3ccccc3)ccc12. The van der Waals surface area contributed by atoms with Crippen LogP contribution in [0, 0.1) is 27.7 Å². The molecular weight excluding hydrogens is 817 g/mol. The highest BCUT2D eigenvalue weighted by molar-refractivity contribution is 6.88. The van der Waals surface area contributed by atoms with E-state index in [1.54, 1.807) is 0 Å². The summed E-state index contributed by atoms with van der Waals surface area (Å²) in [5.41, 5.74) is 20.5. The van der Waals surface area contributed by atoms with Crippen molar-refractivity contribution in [2.24, 2.45) is 0 Å². The van der Waals surface area contributed by atoms with Gasteiger partial charge in [-0.05, 0) is 132 Å². The van der Waals surface area contributed by atoms with Crippen LogP contribution in [0.3, 0.4) is 0 Å². The fourth-order valence-electron chi connectivity index (χ4n) is 9.68. The van der Waals surface area contributed by atoms with Crippen molar-refractivity contribution in [3.8, 4) is 61.7 Å². The summed E-state index contributed by atoms with van der Waals surface area (Å²) in [4.78, 5) is 12.7. The molecule has 7 aromatic carbocycles. The molecule has 10 aromatic rings. The van der Waals surface area contributed by atoms with Gasteiger partial charge in [0.05, 0.1) is 30.7 Å². The van der Waals surface area contributed by atoms with Crippen molar-refractivity contribution >= 4 is 41.2 Å². The fourth-order valence-corrected chi connectivity index (χ4v) is 10.7. The van der Waals surface area contributed by atoms with Crippen LogP contribution in [0.1, 0.15) is 22.3 Å². The van der Waals surface area contributed by atoms with Gasteiger partial charge in [-0.3, -0.25) is 9.55 Å². The first-order valence-electron chi connectivity index (χ1n) is 22.9. The average Bonchev–Trinajstić information content (AvgIpc) is 3.65. The van der Waals surface area contributed by atoms with E-state index >= 15 is 0 Å². The molecule has 3 heterocycles. The normalized spacial score (nSPS) is 11.6. The molecule has 3 aromatic heterocycles. The van der Waals surface area contributed by atoms with Gasteiger partial charge in [-0.1, -0.05) is 153 Å². The lowest BCUT2D eigenvalue weighted by molar-refractivity contribution is 1.05. The molecule has 0 saturated heterocycles. The molecule has 66 heavy (non-hydrogen) atoms. The maximum atomic E-state index is 5.15. The van der Waals surface area contributed by atoms with Gasteiger partial charge in [0.2, 0.25) is 0 Å². The van der Waals surface area contributed by atoms with Crippen LogP contribution in [-0.2, 0) is 0 Å². The maximum absolute atomic E-state index is 5.15. The molecule has 0 aliphatic rings. The summed E-state index contributed by atoms with van der Waals surface area (Å²) in [5, 5.41) is 2.51. The molecule has 5 heteroatoms. The zero-order valence-electron chi connectivity index (χ0n) is 38.8. The molecule has 0 aliphatic heterocycles. The van der Waals surface area contributed by atoms with Crippen molar-refractivity contribution in [3.05, 3.63) is 223 Å². The number of benzene rings is 7. The number of rotatable bonds is 10. The summed E-state index contributed by atoms with van der Waals surface area (Å²) < 4.78 is 2.41. The van der Waals surface area contributed by atoms with E-state index in [-0.39, 0.29) is 0 Å². The van der Waals surface area contributed by atoms with Gasteiger partial charge >= 0.3 is 0 Å². The van der Waals surface area contributed by atoms with Crippen molar-refractivity contribution in [2.75, 3.05) is 4.90 Å². The third-order valence-corrected chi connectivity index (χ3v) is 15.0. The topological polar surface area (TPSA) is 34.0 Å². The fraction of sp³-hybridized carbons (Fsp3) is 0.115. The molecule has 0 N–H and O–H groups in total. The molecule has 0 radical (unpaired) electrons. The molecule has 0 fully saturated rings. The van der Waals surface area contributed by atoms with E-state index in [0.717, 1.165) is 67.6 Å². The van der Waals surface area contributed by atoms with E-state index in [1.807, 2.05) is 12.3 Å². The highest BCUT2D eigenvalue weighted by atomic mass is 28.3. The molecule has 322 valence electrons. The second-order valence-corrected chi connectivity index (χ2v) is 23.6. The van der Waals surface area contributed by atoms with Crippen LogP contribution in [-0.4, -0.2) is 22.6 Å². The Balaban J connectivity index is 1.32. The molecule has 4 nitrogen and oxygen atoms in total. The van der Waals surface area contributed by atoms with Crippen LogP contribution in [0.25, 0.3) is 72.6 Å². The number of pyridine rings is 2. The standard InChI is InChI=1S/C61H54N4Si/c1-41-20-18-21-42(2)58(41)60-53-33-31-49(39-56(53)65(57-30-16-17-35-62-57)61(60)59-43(3)22-19-23-44(59)4)64(55-29-15-14-28-52(55)46-26-12-9-13-27-46)50-37-47(45-24-10-8-11-25-45)36-48(38-50)54-34-32-51(40-63-54)66(5,6)7/h8-40H,1-7H3. The van der Waals surface area contributed by atoms with Crippen molar-refractivity contribution in [2.45, 2.75) is 47.3 Å². The predicted octanol–water partition coefficient (Wildman–Crippen LogP) is 16.0. The van der Waals surface area contributed by atoms with E-state index in [0.29, 0.717) is 0 Å². The number of nitrogens with zero attached hydrogens (tertiary/aromatic N) is 4. The summed E-state index contributed by atoms with van der Waals surface area (Å²) in [6.45, 7) is 16.1. The van der Waals surface area contributed by atoms with E-state index in [1.165, 1.54) is 49.5 Å². The minimum Gasteiger partial charge on any atom is -0.310 e. The molecule has 0 unspecified atom stereocenters. The van der Waals surface area contributed by atoms with Gasteiger partial charge in [0.15, 0.2) is 0 Å². The van der Waals surface area contributed by atoms with Gasteiger partial charge in [0.25, 0.3) is 0 Å². The maximum Gasteiger partial charge on any atom is 0.137 e. The number of para-hydroxylation sites is 1. The Bertz CT molecular complexity index is 3330. The van der Waals surface area contributed by atoms with E-state index in [2.05, 4.69) is 245 Å². The minimum atomic E-state index is -1.56. The molecule has 0 bridgehead atoms. The number of hydrogen-bond donors (Lipinski definition) is 0. The Morgan fingerprint density at radius 1 is 0.455 bits per heavy atom. The van der Waals surface area contributed by atoms with Crippen molar-refractivity contribution in [3.63, 3.8) is 0 Å².